The molecule has 0 saturated heterocycles. The number of carbonyl (C=O) groups excluding carboxylic acids is 1. The van der Waals surface area contributed by atoms with Crippen molar-refractivity contribution < 1.29 is 4.79 Å². The third-order valence-corrected chi connectivity index (χ3v) is 4.88. The molecule has 0 aliphatic rings. The Hall–Kier alpha value is -2.59. The molecule has 4 N–H and O–H groups in total. The Morgan fingerprint density at radius 1 is 1.08 bits per heavy atom. The maximum absolute atomic E-state index is 12.4. The number of benzene rings is 2. The minimum absolute atomic E-state index is 0.00391. The molecule has 0 fully saturated rings. The maximum atomic E-state index is 12.4. The number of rotatable bonds is 6. The van der Waals surface area contributed by atoms with Gasteiger partial charge in [-0.25, -0.2) is 0 Å². The first-order valence-corrected chi connectivity index (χ1v) is 8.72. The summed E-state index contributed by atoms with van der Waals surface area (Å²) in [5.41, 5.74) is 9.33. The Morgan fingerprint density at radius 2 is 1.76 bits per heavy atom. The fourth-order valence-corrected chi connectivity index (χ4v) is 3.08. The molecule has 0 aliphatic heterocycles. The van der Waals surface area contributed by atoms with Gasteiger partial charge in [0.15, 0.2) is 0 Å². The van der Waals surface area contributed by atoms with Crippen molar-refractivity contribution in [3.05, 3.63) is 71.9 Å². The van der Waals surface area contributed by atoms with Crippen molar-refractivity contribution in [2.75, 3.05) is 6.54 Å². The molecule has 3 rings (SSSR count). The van der Waals surface area contributed by atoms with E-state index in [2.05, 4.69) is 34.6 Å². The van der Waals surface area contributed by atoms with E-state index in [1.807, 2.05) is 50.4 Å². The van der Waals surface area contributed by atoms with E-state index in [1.165, 1.54) is 16.5 Å². The molecule has 0 spiro atoms. The normalized spacial score (nSPS) is 14.8. The highest BCUT2D eigenvalue weighted by atomic mass is 16.1. The van der Waals surface area contributed by atoms with Gasteiger partial charge >= 0.3 is 0 Å². The van der Waals surface area contributed by atoms with Crippen LogP contribution < -0.4 is 11.1 Å². The zero-order valence-electron chi connectivity index (χ0n) is 14.7. The van der Waals surface area contributed by atoms with Gasteiger partial charge in [-0.1, -0.05) is 55.5 Å². The van der Waals surface area contributed by atoms with E-state index in [9.17, 15) is 4.79 Å². The van der Waals surface area contributed by atoms with E-state index in [1.54, 1.807) is 0 Å². The van der Waals surface area contributed by atoms with Crippen LogP contribution in [0.15, 0.2) is 60.8 Å². The third-order valence-electron chi connectivity index (χ3n) is 4.88. The lowest BCUT2D eigenvalue weighted by Crippen LogP contribution is -2.40. The molecule has 0 radical (unpaired) electrons. The summed E-state index contributed by atoms with van der Waals surface area (Å²) in [5, 5.41) is 4.27. The van der Waals surface area contributed by atoms with E-state index in [0.29, 0.717) is 6.54 Å². The van der Waals surface area contributed by atoms with Gasteiger partial charge in [0, 0.05) is 41.5 Å². The number of aromatic amines is 1. The second kappa shape index (κ2) is 7.53. The first-order valence-electron chi connectivity index (χ1n) is 8.72. The van der Waals surface area contributed by atoms with Crippen LogP contribution in [0.1, 0.15) is 30.9 Å². The second-order valence-corrected chi connectivity index (χ2v) is 6.65. The van der Waals surface area contributed by atoms with Gasteiger partial charge in [0.1, 0.15) is 0 Å². The summed E-state index contributed by atoms with van der Waals surface area (Å²) in [5.74, 6) is -0.128. The van der Waals surface area contributed by atoms with Gasteiger partial charge in [-0.3, -0.25) is 4.79 Å². The van der Waals surface area contributed by atoms with E-state index in [4.69, 9.17) is 5.73 Å². The van der Waals surface area contributed by atoms with Gasteiger partial charge in [-0.05, 0) is 24.1 Å². The molecule has 3 unspecified atom stereocenters. The zero-order valence-corrected chi connectivity index (χ0v) is 14.7. The lowest BCUT2D eigenvalue weighted by molar-refractivity contribution is -0.124. The highest BCUT2D eigenvalue weighted by Gasteiger charge is 2.21. The molecule has 1 amide bonds. The number of nitrogens with two attached hydrogens (primary N) is 1. The van der Waals surface area contributed by atoms with Crippen molar-refractivity contribution in [3.8, 4) is 0 Å². The molecular weight excluding hydrogens is 310 g/mol. The fraction of sp³-hybridized carbons (Fsp3) is 0.286. The molecule has 0 aliphatic carbocycles. The maximum Gasteiger partial charge on any atom is 0.224 e. The van der Waals surface area contributed by atoms with Gasteiger partial charge in [-0.2, -0.15) is 0 Å². The van der Waals surface area contributed by atoms with Crippen molar-refractivity contribution in [2.45, 2.75) is 25.8 Å². The number of hydrogen-bond donors (Lipinski definition) is 3. The average Bonchev–Trinajstić information content (AvgIpc) is 3.06. The summed E-state index contributed by atoms with van der Waals surface area (Å²) in [4.78, 5) is 15.7. The van der Waals surface area contributed by atoms with E-state index >= 15 is 0 Å². The van der Waals surface area contributed by atoms with Crippen LogP contribution in [0.5, 0.6) is 0 Å². The second-order valence-electron chi connectivity index (χ2n) is 6.65. The molecule has 1 heterocycles. The SMILES string of the molecule is CC(N)C(C)C(=O)NCC(c1ccccc1)c1c[nH]c2ccccc12. The average molecular weight is 335 g/mol. The molecule has 1 aromatic heterocycles. The first kappa shape index (κ1) is 17.2. The monoisotopic (exact) mass is 335 g/mol. The Kier molecular flexibility index (Phi) is 5.19. The van der Waals surface area contributed by atoms with Gasteiger partial charge in [0.25, 0.3) is 0 Å². The van der Waals surface area contributed by atoms with Crippen molar-refractivity contribution in [2.24, 2.45) is 11.7 Å². The third kappa shape index (κ3) is 3.74. The summed E-state index contributed by atoms with van der Waals surface area (Å²) in [6, 6.07) is 18.4. The predicted molar refractivity (Wildman–Crippen MR) is 102 cm³/mol. The van der Waals surface area contributed by atoms with Gasteiger partial charge in [0.05, 0.1) is 0 Å². The first-order chi connectivity index (χ1) is 12.1. The van der Waals surface area contributed by atoms with Crippen LogP contribution >= 0.6 is 0 Å². The number of nitrogens with one attached hydrogen (secondary N) is 2. The lowest BCUT2D eigenvalue weighted by atomic mass is 9.90. The highest BCUT2D eigenvalue weighted by Crippen LogP contribution is 2.30. The van der Waals surface area contributed by atoms with E-state index in [0.717, 1.165) is 5.52 Å². The number of carbonyl (C=O) groups is 1. The van der Waals surface area contributed by atoms with Crippen LogP contribution in [0.2, 0.25) is 0 Å². The topological polar surface area (TPSA) is 70.9 Å². The number of H-pyrrole nitrogens is 1. The highest BCUT2D eigenvalue weighted by molar-refractivity contribution is 5.84. The molecule has 3 atom stereocenters. The van der Waals surface area contributed by atoms with Crippen LogP contribution in [0, 0.1) is 5.92 Å². The number of para-hydroxylation sites is 1. The largest absolute Gasteiger partial charge is 0.361 e. The Morgan fingerprint density at radius 3 is 2.48 bits per heavy atom. The Bertz CT molecular complexity index is 838. The number of hydrogen-bond acceptors (Lipinski definition) is 2. The van der Waals surface area contributed by atoms with Crippen molar-refractivity contribution in [1.82, 2.24) is 10.3 Å². The summed E-state index contributed by atoms with van der Waals surface area (Å²) in [7, 11) is 0. The summed E-state index contributed by atoms with van der Waals surface area (Å²) < 4.78 is 0. The number of aromatic nitrogens is 1. The van der Waals surface area contributed by atoms with Crippen molar-refractivity contribution in [3.63, 3.8) is 0 Å². The van der Waals surface area contributed by atoms with Crippen LogP contribution in [0.4, 0.5) is 0 Å². The fourth-order valence-electron chi connectivity index (χ4n) is 3.08. The van der Waals surface area contributed by atoms with Crippen molar-refractivity contribution in [1.29, 1.82) is 0 Å². The molecule has 4 nitrogen and oxygen atoms in total. The summed E-state index contributed by atoms with van der Waals surface area (Å²) in [6.45, 7) is 4.27. The predicted octanol–water partition coefficient (Wildman–Crippen LogP) is 3.40. The molecule has 130 valence electrons. The summed E-state index contributed by atoms with van der Waals surface area (Å²) in [6.07, 6.45) is 2.05. The van der Waals surface area contributed by atoms with Crippen LogP contribution in [0.25, 0.3) is 10.9 Å². The molecule has 3 aromatic rings. The molecule has 0 saturated carbocycles. The Labute approximate surface area is 148 Å². The minimum atomic E-state index is -0.209. The van der Waals surface area contributed by atoms with E-state index < -0.39 is 0 Å². The van der Waals surface area contributed by atoms with Crippen LogP contribution in [-0.4, -0.2) is 23.5 Å². The smallest absolute Gasteiger partial charge is 0.224 e. The van der Waals surface area contributed by atoms with Crippen LogP contribution in [-0.2, 0) is 4.79 Å². The van der Waals surface area contributed by atoms with Gasteiger partial charge in [-0.15, -0.1) is 0 Å². The Balaban J connectivity index is 1.90. The number of fused-ring (bicyclic) bond motifs is 1. The molecule has 0 bridgehead atoms. The molecular formula is C21H25N3O. The van der Waals surface area contributed by atoms with E-state index in [-0.39, 0.29) is 23.8 Å². The van der Waals surface area contributed by atoms with Gasteiger partial charge < -0.3 is 16.0 Å². The summed E-state index contributed by atoms with van der Waals surface area (Å²) >= 11 is 0. The zero-order chi connectivity index (χ0) is 17.8. The minimum Gasteiger partial charge on any atom is -0.361 e. The van der Waals surface area contributed by atoms with Crippen molar-refractivity contribution >= 4 is 16.8 Å². The molecule has 2 aromatic carbocycles. The molecule has 25 heavy (non-hydrogen) atoms. The quantitative estimate of drug-likeness (QED) is 0.646. The molecule has 4 heteroatoms. The standard InChI is InChI=1S/C21H25N3O/c1-14(15(2)22)21(25)24-12-18(16-8-4-3-5-9-16)19-13-23-20-11-7-6-10-17(19)20/h3-11,13-15,18,23H,12,22H2,1-2H3,(H,24,25). The number of amides is 1. The van der Waals surface area contributed by atoms with Gasteiger partial charge in [0.2, 0.25) is 5.91 Å². The lowest BCUT2D eigenvalue weighted by Gasteiger charge is -2.21. The van der Waals surface area contributed by atoms with Crippen LogP contribution in [0.3, 0.4) is 0 Å².